The molecule has 1 aliphatic heterocycles. The van der Waals surface area contributed by atoms with Gasteiger partial charge >= 0.3 is 0 Å². The van der Waals surface area contributed by atoms with Crippen molar-refractivity contribution in [2.45, 2.75) is 37.9 Å². The highest BCUT2D eigenvalue weighted by molar-refractivity contribution is 7.99. The number of rotatable bonds is 4. The molecule has 1 rings (SSSR count). The second-order valence-corrected chi connectivity index (χ2v) is 5.00. The van der Waals surface area contributed by atoms with Crippen molar-refractivity contribution in [1.82, 2.24) is 4.90 Å². The van der Waals surface area contributed by atoms with Crippen molar-refractivity contribution in [2.24, 2.45) is 0 Å². The van der Waals surface area contributed by atoms with Crippen molar-refractivity contribution in [3.63, 3.8) is 0 Å². The Morgan fingerprint density at radius 1 is 1.54 bits per heavy atom. The van der Waals surface area contributed by atoms with Gasteiger partial charge in [0.15, 0.2) is 0 Å². The van der Waals surface area contributed by atoms with Gasteiger partial charge in [-0.25, -0.2) is 0 Å². The number of thioether (sulfide) groups is 1. The van der Waals surface area contributed by atoms with Crippen molar-refractivity contribution < 1.29 is 0 Å². The molecule has 1 atom stereocenters. The van der Waals surface area contributed by atoms with Gasteiger partial charge < -0.3 is 4.90 Å². The van der Waals surface area contributed by atoms with Crippen molar-refractivity contribution >= 4 is 17.6 Å². The number of likely N-dealkylation sites (tertiary alicyclic amines) is 1. The Morgan fingerprint density at radius 2 is 2.31 bits per heavy atom. The zero-order chi connectivity index (χ0) is 9.68. The van der Waals surface area contributed by atoms with Crippen LogP contribution in [-0.2, 0) is 0 Å². The van der Waals surface area contributed by atoms with E-state index in [1.54, 1.807) is 0 Å². The minimum atomic E-state index is 0.731. The summed E-state index contributed by atoms with van der Waals surface area (Å²) in [7, 11) is 0. The van der Waals surface area contributed by atoms with Crippen LogP contribution in [0.25, 0.3) is 0 Å². The fourth-order valence-electron chi connectivity index (χ4n) is 1.59. The molecule has 2 nitrogen and oxygen atoms in total. The van der Waals surface area contributed by atoms with Crippen LogP contribution in [0.4, 0.5) is 0 Å². The Labute approximate surface area is 85.6 Å². The van der Waals surface area contributed by atoms with E-state index < -0.39 is 0 Å². The number of nitrogens with zero attached hydrogens (tertiary/aromatic N) is 1. The first-order valence-corrected chi connectivity index (χ1v) is 6.38. The molecule has 76 valence electrons. The summed E-state index contributed by atoms with van der Waals surface area (Å²) < 4.78 is 0. The Hall–Kier alpha value is -0.180. The largest absolute Gasteiger partial charge is 0.361 e. The fraction of sp³-hybridized carbons (Fsp3) is 0.900. The molecule has 13 heavy (non-hydrogen) atoms. The van der Waals surface area contributed by atoms with Gasteiger partial charge in [-0.15, -0.1) is 0 Å². The predicted octanol–water partition coefficient (Wildman–Crippen LogP) is 2.59. The molecule has 1 N–H and O–H groups in total. The lowest BCUT2D eigenvalue weighted by Crippen LogP contribution is -2.36. The van der Waals surface area contributed by atoms with E-state index >= 15 is 0 Å². The molecular weight excluding hydrogens is 180 g/mol. The summed E-state index contributed by atoms with van der Waals surface area (Å²) in [5.41, 5.74) is 0. The minimum Gasteiger partial charge on any atom is -0.361 e. The zero-order valence-corrected chi connectivity index (χ0v) is 9.49. The molecule has 0 aliphatic carbocycles. The van der Waals surface area contributed by atoms with E-state index in [1.807, 2.05) is 11.8 Å². The van der Waals surface area contributed by atoms with Crippen LogP contribution in [0.15, 0.2) is 0 Å². The van der Waals surface area contributed by atoms with Gasteiger partial charge in [0.25, 0.3) is 0 Å². The van der Waals surface area contributed by atoms with Crippen LogP contribution in [0.5, 0.6) is 0 Å². The molecule has 1 saturated heterocycles. The summed E-state index contributed by atoms with van der Waals surface area (Å²) in [5.74, 6) is 0.861. The highest BCUT2D eigenvalue weighted by atomic mass is 32.2. The van der Waals surface area contributed by atoms with Crippen LogP contribution < -0.4 is 0 Å². The van der Waals surface area contributed by atoms with Gasteiger partial charge in [-0.3, -0.25) is 5.41 Å². The molecule has 0 aromatic carbocycles. The average molecular weight is 200 g/mol. The smallest absolute Gasteiger partial charge is 0.0957 e. The average Bonchev–Trinajstić information content (AvgIpc) is 2.16. The number of piperidine rings is 1. The monoisotopic (exact) mass is 200 g/mol. The van der Waals surface area contributed by atoms with Gasteiger partial charge in [0.2, 0.25) is 0 Å². The summed E-state index contributed by atoms with van der Waals surface area (Å²) in [5, 5.41) is 8.50. The molecule has 1 fully saturated rings. The molecule has 0 spiro atoms. The van der Waals surface area contributed by atoms with Crippen LogP contribution in [0.3, 0.4) is 0 Å². The molecule has 0 bridgehead atoms. The van der Waals surface area contributed by atoms with Gasteiger partial charge in [-0.2, -0.15) is 11.8 Å². The van der Waals surface area contributed by atoms with E-state index in [-0.39, 0.29) is 0 Å². The number of hydrogen-bond donors (Lipinski definition) is 1. The third-order valence-corrected chi connectivity index (χ3v) is 3.72. The lowest BCUT2D eigenvalue weighted by Gasteiger charge is -2.30. The maximum absolute atomic E-state index is 7.77. The van der Waals surface area contributed by atoms with Crippen LogP contribution in [0, 0.1) is 5.41 Å². The summed E-state index contributed by atoms with van der Waals surface area (Å²) in [4.78, 5) is 2.25. The Kier molecular flexibility index (Phi) is 4.64. The normalized spacial score (nSPS) is 20.5. The van der Waals surface area contributed by atoms with Gasteiger partial charge in [0, 0.05) is 24.8 Å². The van der Waals surface area contributed by atoms with Crippen molar-refractivity contribution in [1.29, 1.82) is 5.41 Å². The molecule has 1 aliphatic rings. The third-order valence-electron chi connectivity index (χ3n) is 2.68. The molecule has 1 unspecified atom stereocenters. The Balaban J connectivity index is 2.22. The Morgan fingerprint density at radius 3 is 2.92 bits per heavy atom. The van der Waals surface area contributed by atoms with Crippen LogP contribution in [0.1, 0.15) is 32.6 Å². The van der Waals surface area contributed by atoms with E-state index in [2.05, 4.69) is 18.1 Å². The summed E-state index contributed by atoms with van der Waals surface area (Å²) in [6.45, 7) is 4.46. The molecule has 0 radical (unpaired) electrons. The summed E-state index contributed by atoms with van der Waals surface area (Å²) in [6, 6.07) is 0. The molecule has 0 saturated carbocycles. The van der Waals surface area contributed by atoms with Crippen molar-refractivity contribution in [3.05, 3.63) is 0 Å². The third kappa shape index (κ3) is 3.59. The minimum absolute atomic E-state index is 0.731. The summed E-state index contributed by atoms with van der Waals surface area (Å²) in [6.07, 6.45) is 6.85. The SMILES string of the molecule is CSC(C)CCN1CCCCC1=N. The van der Waals surface area contributed by atoms with Gasteiger partial charge in [0.1, 0.15) is 0 Å². The van der Waals surface area contributed by atoms with Gasteiger partial charge in [0.05, 0.1) is 5.84 Å². The fourth-order valence-corrected chi connectivity index (χ4v) is 1.93. The lowest BCUT2D eigenvalue weighted by molar-refractivity contribution is 0.362. The van der Waals surface area contributed by atoms with E-state index in [9.17, 15) is 0 Å². The second-order valence-electron chi connectivity index (χ2n) is 3.73. The topological polar surface area (TPSA) is 27.1 Å². The first-order valence-electron chi connectivity index (χ1n) is 5.09. The maximum Gasteiger partial charge on any atom is 0.0957 e. The first-order chi connectivity index (χ1) is 6.24. The van der Waals surface area contributed by atoms with E-state index in [1.165, 1.54) is 19.3 Å². The second kappa shape index (κ2) is 5.53. The van der Waals surface area contributed by atoms with Gasteiger partial charge in [-0.05, 0) is 25.5 Å². The molecule has 1 heterocycles. The lowest BCUT2D eigenvalue weighted by atomic mass is 10.1. The number of amidine groups is 1. The summed E-state index contributed by atoms with van der Waals surface area (Å²) >= 11 is 1.92. The van der Waals surface area contributed by atoms with E-state index in [0.717, 1.165) is 30.6 Å². The predicted molar refractivity (Wildman–Crippen MR) is 60.7 cm³/mol. The number of hydrogen-bond acceptors (Lipinski definition) is 2. The highest BCUT2D eigenvalue weighted by Crippen LogP contribution is 2.14. The van der Waals surface area contributed by atoms with E-state index in [0.29, 0.717) is 0 Å². The quantitative estimate of drug-likeness (QED) is 0.755. The molecule has 3 heteroatoms. The molecular formula is C10H20N2S. The first kappa shape index (κ1) is 10.9. The highest BCUT2D eigenvalue weighted by Gasteiger charge is 2.14. The molecule has 0 amide bonds. The number of nitrogens with one attached hydrogen (secondary N) is 1. The zero-order valence-electron chi connectivity index (χ0n) is 8.68. The van der Waals surface area contributed by atoms with Crippen LogP contribution >= 0.6 is 11.8 Å². The maximum atomic E-state index is 7.77. The van der Waals surface area contributed by atoms with Crippen molar-refractivity contribution in [2.75, 3.05) is 19.3 Å². The standard InChI is InChI=1S/C10H20N2S/c1-9(13-2)6-8-12-7-4-3-5-10(12)11/h9,11H,3-8H2,1-2H3. The van der Waals surface area contributed by atoms with Crippen LogP contribution in [-0.4, -0.2) is 35.3 Å². The molecule has 0 aromatic heterocycles. The van der Waals surface area contributed by atoms with Crippen molar-refractivity contribution in [3.8, 4) is 0 Å². The van der Waals surface area contributed by atoms with E-state index in [4.69, 9.17) is 5.41 Å². The van der Waals surface area contributed by atoms with Gasteiger partial charge in [-0.1, -0.05) is 6.92 Å². The van der Waals surface area contributed by atoms with Crippen LogP contribution in [0.2, 0.25) is 0 Å². The Bertz CT molecular complexity index is 170. The molecule has 0 aromatic rings.